The Morgan fingerprint density at radius 3 is 2.14 bits per heavy atom. The van der Waals surface area contributed by atoms with Gasteiger partial charge in [0.15, 0.2) is 10.7 Å². The molecular weight excluding hydrogens is 301 g/mol. The van der Waals surface area contributed by atoms with Gasteiger partial charge in [-0.25, -0.2) is 14.0 Å². The molecule has 0 aromatic heterocycles. The van der Waals surface area contributed by atoms with Gasteiger partial charge in [0.1, 0.15) is 5.82 Å². The molecule has 7 heteroatoms. The van der Waals surface area contributed by atoms with Crippen molar-refractivity contribution in [1.82, 2.24) is 0 Å². The number of rotatable bonds is 6. The van der Waals surface area contributed by atoms with Gasteiger partial charge in [-0.2, -0.15) is 0 Å². The third-order valence-corrected chi connectivity index (χ3v) is 2.61. The zero-order chi connectivity index (χ0) is 15.8. The van der Waals surface area contributed by atoms with E-state index in [1.807, 2.05) is 0 Å². The van der Waals surface area contributed by atoms with E-state index in [2.05, 4.69) is 5.32 Å². The highest BCUT2D eigenvalue weighted by Gasteiger charge is 2.22. The first kappa shape index (κ1) is 17.0. The van der Waals surface area contributed by atoms with E-state index in [0.29, 0.717) is 5.69 Å². The molecule has 0 aliphatic rings. The van der Waals surface area contributed by atoms with Gasteiger partial charge in [0, 0.05) is 5.69 Å². The maximum Gasteiger partial charge on any atom is 0.356 e. The summed E-state index contributed by atoms with van der Waals surface area (Å²) in [5.41, 5.74) is 0.116. The third kappa shape index (κ3) is 5.07. The van der Waals surface area contributed by atoms with E-state index in [1.54, 1.807) is 13.8 Å². The summed E-state index contributed by atoms with van der Waals surface area (Å²) in [6.45, 7) is 3.45. The highest BCUT2D eigenvalue weighted by molar-refractivity contribution is 6.43. The summed E-state index contributed by atoms with van der Waals surface area (Å²) in [4.78, 5) is 23.5. The van der Waals surface area contributed by atoms with E-state index < -0.39 is 22.8 Å². The van der Waals surface area contributed by atoms with E-state index in [-0.39, 0.29) is 18.9 Å². The molecule has 1 aromatic carbocycles. The van der Waals surface area contributed by atoms with E-state index in [0.717, 1.165) is 0 Å². The predicted octanol–water partition coefficient (Wildman–Crippen LogP) is 2.81. The minimum absolute atomic E-state index is 0.112. The van der Waals surface area contributed by atoms with Gasteiger partial charge in [0.25, 0.3) is 0 Å². The lowest BCUT2D eigenvalue weighted by Gasteiger charge is -2.12. The van der Waals surface area contributed by atoms with Crippen molar-refractivity contribution in [2.75, 3.05) is 18.5 Å². The average Bonchev–Trinajstić information content (AvgIpc) is 2.46. The van der Waals surface area contributed by atoms with Gasteiger partial charge in [-0.15, -0.1) is 0 Å². The minimum atomic E-state index is -0.850. The van der Waals surface area contributed by atoms with E-state index in [9.17, 15) is 14.0 Å². The van der Waals surface area contributed by atoms with Crippen LogP contribution in [0.15, 0.2) is 35.0 Å². The molecule has 0 spiro atoms. The maximum atomic E-state index is 12.9. The van der Waals surface area contributed by atoms with Crippen LogP contribution in [0.4, 0.5) is 10.1 Å². The Morgan fingerprint density at radius 2 is 1.62 bits per heavy atom. The fourth-order valence-electron chi connectivity index (χ4n) is 1.37. The SMILES string of the molecule is CCOC(=O)C(Cl)=C(Nc1ccc(F)cc1)C(=O)OCC. The molecule has 1 aromatic rings. The molecule has 0 radical (unpaired) electrons. The first-order valence-electron chi connectivity index (χ1n) is 6.26. The second-order valence-corrected chi connectivity index (χ2v) is 4.14. The van der Waals surface area contributed by atoms with Crippen LogP contribution >= 0.6 is 11.6 Å². The van der Waals surface area contributed by atoms with Crippen LogP contribution < -0.4 is 5.32 Å². The van der Waals surface area contributed by atoms with Crippen LogP contribution in [0, 0.1) is 5.82 Å². The smallest absolute Gasteiger partial charge is 0.356 e. The molecule has 0 fully saturated rings. The molecule has 5 nitrogen and oxygen atoms in total. The van der Waals surface area contributed by atoms with E-state index in [4.69, 9.17) is 21.1 Å². The number of halogens is 2. The molecule has 0 amide bonds. The van der Waals surface area contributed by atoms with Crippen LogP contribution in [0.5, 0.6) is 0 Å². The van der Waals surface area contributed by atoms with Crippen molar-refractivity contribution in [3.63, 3.8) is 0 Å². The minimum Gasteiger partial charge on any atom is -0.462 e. The molecule has 0 atom stereocenters. The van der Waals surface area contributed by atoms with Crippen LogP contribution in [0.2, 0.25) is 0 Å². The molecule has 21 heavy (non-hydrogen) atoms. The molecular formula is C14H15ClFNO4. The van der Waals surface area contributed by atoms with Gasteiger partial charge in [-0.05, 0) is 38.1 Å². The second kappa shape index (κ2) is 8.26. The largest absolute Gasteiger partial charge is 0.462 e. The first-order chi connectivity index (χ1) is 9.99. The molecule has 0 bridgehead atoms. The summed E-state index contributed by atoms with van der Waals surface area (Å²) in [5.74, 6) is -2.09. The zero-order valence-corrected chi connectivity index (χ0v) is 12.4. The van der Waals surface area contributed by atoms with Crippen molar-refractivity contribution in [3.05, 3.63) is 40.8 Å². The van der Waals surface area contributed by atoms with Gasteiger partial charge in [0.05, 0.1) is 13.2 Å². The lowest BCUT2D eigenvalue weighted by Crippen LogP contribution is -2.19. The Morgan fingerprint density at radius 1 is 1.10 bits per heavy atom. The summed E-state index contributed by atoms with van der Waals surface area (Å²) in [7, 11) is 0. The van der Waals surface area contributed by atoms with Crippen molar-refractivity contribution in [1.29, 1.82) is 0 Å². The molecule has 0 unspecified atom stereocenters. The van der Waals surface area contributed by atoms with Crippen LogP contribution in [-0.2, 0) is 19.1 Å². The quantitative estimate of drug-likeness (QED) is 0.646. The van der Waals surface area contributed by atoms with Crippen LogP contribution in [0.1, 0.15) is 13.8 Å². The normalized spacial score (nSPS) is 11.4. The van der Waals surface area contributed by atoms with Crippen molar-refractivity contribution in [3.8, 4) is 0 Å². The number of hydrogen-bond acceptors (Lipinski definition) is 5. The fourth-order valence-corrected chi connectivity index (χ4v) is 1.55. The van der Waals surface area contributed by atoms with Crippen molar-refractivity contribution in [2.45, 2.75) is 13.8 Å². The topological polar surface area (TPSA) is 64.6 Å². The monoisotopic (exact) mass is 315 g/mol. The van der Waals surface area contributed by atoms with Gasteiger partial charge in [0.2, 0.25) is 0 Å². The number of nitrogens with one attached hydrogen (secondary N) is 1. The van der Waals surface area contributed by atoms with E-state index >= 15 is 0 Å². The molecule has 0 aliphatic carbocycles. The van der Waals surface area contributed by atoms with Crippen molar-refractivity contribution >= 4 is 29.2 Å². The van der Waals surface area contributed by atoms with Crippen molar-refractivity contribution in [2.24, 2.45) is 0 Å². The number of hydrogen-bond donors (Lipinski definition) is 1. The van der Waals surface area contributed by atoms with Crippen LogP contribution in [-0.4, -0.2) is 25.2 Å². The summed E-state index contributed by atoms with van der Waals surface area (Å²) in [6, 6.07) is 5.18. The Hall–Kier alpha value is -2.08. The van der Waals surface area contributed by atoms with Crippen LogP contribution in [0.3, 0.4) is 0 Å². The summed E-state index contributed by atoms with van der Waals surface area (Å²) in [6.07, 6.45) is 0. The fraction of sp³-hybridized carbons (Fsp3) is 0.286. The number of carbonyl (C=O) groups is 2. The summed E-state index contributed by atoms with van der Waals surface area (Å²) >= 11 is 5.86. The van der Waals surface area contributed by atoms with Crippen molar-refractivity contribution < 1.29 is 23.5 Å². The summed E-state index contributed by atoms with van der Waals surface area (Å²) in [5, 5.41) is 2.20. The first-order valence-corrected chi connectivity index (χ1v) is 6.64. The number of carbonyl (C=O) groups excluding carboxylic acids is 2. The van der Waals surface area contributed by atoms with E-state index in [1.165, 1.54) is 24.3 Å². The van der Waals surface area contributed by atoms with Crippen LogP contribution in [0.25, 0.3) is 0 Å². The van der Waals surface area contributed by atoms with Gasteiger partial charge in [-0.1, -0.05) is 11.6 Å². The molecule has 1 rings (SSSR count). The standard InChI is InChI=1S/C14H15ClFNO4/c1-3-20-13(18)11(15)12(14(19)21-4-2)17-10-7-5-9(16)6-8-10/h5-8,17H,3-4H2,1-2H3. The Labute approximate surface area is 126 Å². The van der Waals surface area contributed by atoms with Gasteiger partial charge >= 0.3 is 11.9 Å². The molecule has 0 saturated heterocycles. The average molecular weight is 316 g/mol. The Balaban J connectivity index is 3.07. The lowest BCUT2D eigenvalue weighted by molar-refractivity contribution is -0.141. The highest BCUT2D eigenvalue weighted by atomic mass is 35.5. The Bertz CT molecular complexity index is 542. The molecule has 114 valence electrons. The summed E-state index contributed by atoms with van der Waals surface area (Å²) < 4.78 is 22.4. The number of esters is 2. The molecule has 0 heterocycles. The van der Waals surface area contributed by atoms with Gasteiger partial charge < -0.3 is 14.8 Å². The number of anilines is 1. The molecule has 0 saturated carbocycles. The predicted molar refractivity (Wildman–Crippen MR) is 76.2 cm³/mol. The number of ether oxygens (including phenoxy) is 2. The second-order valence-electron chi connectivity index (χ2n) is 3.76. The number of benzene rings is 1. The van der Waals surface area contributed by atoms with Gasteiger partial charge in [-0.3, -0.25) is 0 Å². The highest BCUT2D eigenvalue weighted by Crippen LogP contribution is 2.18. The lowest BCUT2D eigenvalue weighted by atomic mass is 10.3. The molecule has 0 aliphatic heterocycles. The maximum absolute atomic E-state index is 12.9. The zero-order valence-electron chi connectivity index (χ0n) is 11.6. The molecule has 1 N–H and O–H groups in total. The third-order valence-electron chi connectivity index (χ3n) is 2.27. The Kier molecular flexibility index (Phi) is 6.68.